The van der Waals surface area contributed by atoms with Gasteiger partial charge in [-0.3, -0.25) is 14.8 Å². The van der Waals surface area contributed by atoms with E-state index in [2.05, 4.69) is 15.3 Å². The summed E-state index contributed by atoms with van der Waals surface area (Å²) in [6, 6.07) is 5.06. The van der Waals surface area contributed by atoms with Gasteiger partial charge >= 0.3 is 0 Å². The number of amides is 1. The van der Waals surface area contributed by atoms with Crippen molar-refractivity contribution in [2.24, 2.45) is 5.73 Å². The van der Waals surface area contributed by atoms with Gasteiger partial charge in [0.15, 0.2) is 0 Å². The van der Waals surface area contributed by atoms with Crippen molar-refractivity contribution in [1.82, 2.24) is 9.97 Å². The van der Waals surface area contributed by atoms with Gasteiger partial charge in [-0.15, -0.1) is 0 Å². The fourth-order valence-corrected chi connectivity index (χ4v) is 1.58. The minimum absolute atomic E-state index is 0.252. The Bertz CT molecular complexity index is 625. The average Bonchev–Trinajstić information content (AvgIpc) is 2.41. The van der Waals surface area contributed by atoms with Gasteiger partial charge in [0.2, 0.25) is 0 Å². The third-order valence-electron chi connectivity index (χ3n) is 2.57. The molecule has 0 atom stereocenters. The van der Waals surface area contributed by atoms with Crippen LogP contribution in [0.3, 0.4) is 0 Å². The first kappa shape index (κ1) is 13.1. The van der Waals surface area contributed by atoms with E-state index in [-0.39, 0.29) is 10.9 Å². The Morgan fingerprint density at radius 2 is 2.11 bits per heavy atom. The minimum atomic E-state index is -0.300. The predicted molar refractivity (Wildman–Crippen MR) is 77.1 cm³/mol. The first-order chi connectivity index (χ1) is 9.08. The Balaban J connectivity index is 2.16. The van der Waals surface area contributed by atoms with Crippen LogP contribution < -0.4 is 11.1 Å². The van der Waals surface area contributed by atoms with Gasteiger partial charge in [-0.2, -0.15) is 0 Å². The lowest BCUT2D eigenvalue weighted by molar-refractivity contribution is 0.102. The molecule has 3 N–H and O–H groups in total. The molecular weight excluding hydrogens is 260 g/mol. The van der Waals surface area contributed by atoms with E-state index in [9.17, 15) is 4.79 Å². The Labute approximate surface area is 115 Å². The quantitative estimate of drug-likeness (QED) is 0.831. The van der Waals surface area contributed by atoms with Gasteiger partial charge in [0, 0.05) is 18.0 Å². The Kier molecular flexibility index (Phi) is 3.82. The van der Waals surface area contributed by atoms with E-state index in [0.717, 1.165) is 5.56 Å². The average molecular weight is 272 g/mol. The zero-order valence-electron chi connectivity index (χ0n) is 10.3. The molecule has 0 aromatic carbocycles. The highest BCUT2D eigenvalue weighted by molar-refractivity contribution is 7.80. The maximum atomic E-state index is 12.0. The summed E-state index contributed by atoms with van der Waals surface area (Å²) in [5.74, 6) is -0.300. The SMILES string of the molecule is Cc1ccncc1NC(=O)c1ccc(C(N)=S)cn1. The fourth-order valence-electron chi connectivity index (χ4n) is 1.46. The smallest absolute Gasteiger partial charge is 0.274 e. The van der Waals surface area contributed by atoms with Crippen LogP contribution in [0.15, 0.2) is 36.8 Å². The zero-order chi connectivity index (χ0) is 13.8. The van der Waals surface area contributed by atoms with Gasteiger partial charge in [-0.25, -0.2) is 0 Å². The number of anilines is 1. The highest BCUT2D eigenvalue weighted by atomic mass is 32.1. The molecule has 19 heavy (non-hydrogen) atoms. The molecule has 0 fully saturated rings. The molecule has 2 aromatic heterocycles. The lowest BCUT2D eigenvalue weighted by atomic mass is 10.2. The molecule has 5 nitrogen and oxygen atoms in total. The Hall–Kier alpha value is -2.34. The predicted octanol–water partition coefficient (Wildman–Crippen LogP) is 1.67. The lowest BCUT2D eigenvalue weighted by Crippen LogP contribution is -2.16. The molecule has 0 radical (unpaired) electrons. The van der Waals surface area contributed by atoms with Crippen molar-refractivity contribution in [3.63, 3.8) is 0 Å². The summed E-state index contributed by atoms with van der Waals surface area (Å²) in [4.78, 5) is 20.2. The molecule has 2 heterocycles. The molecule has 0 saturated carbocycles. The van der Waals surface area contributed by atoms with Crippen LogP contribution in [-0.4, -0.2) is 20.9 Å². The fraction of sp³-hybridized carbons (Fsp3) is 0.0769. The molecule has 0 aliphatic carbocycles. The van der Waals surface area contributed by atoms with E-state index < -0.39 is 0 Å². The molecule has 0 aliphatic rings. The number of nitrogens with zero attached hydrogens (tertiary/aromatic N) is 2. The number of aryl methyl sites for hydroxylation is 1. The maximum Gasteiger partial charge on any atom is 0.274 e. The number of hydrogen-bond acceptors (Lipinski definition) is 4. The van der Waals surface area contributed by atoms with Crippen molar-refractivity contribution in [2.45, 2.75) is 6.92 Å². The number of nitrogens with two attached hydrogens (primary N) is 1. The summed E-state index contributed by atoms with van der Waals surface area (Å²) in [5.41, 5.74) is 7.98. The topological polar surface area (TPSA) is 80.9 Å². The summed E-state index contributed by atoms with van der Waals surface area (Å²) in [5, 5.41) is 2.75. The zero-order valence-corrected chi connectivity index (χ0v) is 11.1. The molecule has 0 spiro atoms. The van der Waals surface area contributed by atoms with Crippen molar-refractivity contribution in [3.8, 4) is 0 Å². The molecule has 6 heteroatoms. The Morgan fingerprint density at radius 3 is 2.68 bits per heavy atom. The molecule has 0 unspecified atom stereocenters. The standard InChI is InChI=1S/C13H12N4OS/c1-8-4-5-15-7-11(8)17-13(18)10-3-2-9(6-16-10)12(14)19/h2-7H,1H3,(H2,14,19)(H,17,18). The number of aromatic nitrogens is 2. The first-order valence-corrected chi connectivity index (χ1v) is 5.96. The molecule has 0 bridgehead atoms. The number of rotatable bonds is 3. The van der Waals surface area contributed by atoms with Gasteiger partial charge < -0.3 is 11.1 Å². The van der Waals surface area contributed by atoms with Crippen LogP contribution in [0.1, 0.15) is 21.6 Å². The number of pyridine rings is 2. The van der Waals surface area contributed by atoms with Crippen LogP contribution >= 0.6 is 12.2 Å². The molecule has 96 valence electrons. The van der Waals surface area contributed by atoms with Crippen molar-refractivity contribution in [1.29, 1.82) is 0 Å². The van der Waals surface area contributed by atoms with Crippen LogP contribution in [0, 0.1) is 6.92 Å². The Morgan fingerprint density at radius 1 is 1.32 bits per heavy atom. The molecule has 2 rings (SSSR count). The number of carbonyl (C=O) groups excluding carboxylic acids is 1. The third-order valence-corrected chi connectivity index (χ3v) is 2.80. The third kappa shape index (κ3) is 3.11. The number of hydrogen-bond donors (Lipinski definition) is 2. The largest absolute Gasteiger partial charge is 0.389 e. The molecular formula is C13H12N4OS. The van der Waals surface area contributed by atoms with Gasteiger partial charge in [-0.1, -0.05) is 12.2 Å². The second-order valence-electron chi connectivity index (χ2n) is 3.94. The van der Waals surface area contributed by atoms with E-state index in [1.54, 1.807) is 24.5 Å². The van der Waals surface area contributed by atoms with Crippen molar-refractivity contribution < 1.29 is 4.79 Å². The highest BCUT2D eigenvalue weighted by Gasteiger charge is 2.09. The van der Waals surface area contributed by atoms with E-state index in [4.69, 9.17) is 18.0 Å². The molecule has 0 saturated heterocycles. The van der Waals surface area contributed by atoms with Gasteiger partial charge in [-0.05, 0) is 30.7 Å². The number of nitrogens with one attached hydrogen (secondary N) is 1. The lowest BCUT2D eigenvalue weighted by Gasteiger charge is -2.07. The van der Waals surface area contributed by atoms with Gasteiger partial charge in [0.25, 0.3) is 5.91 Å². The summed E-state index contributed by atoms with van der Waals surface area (Å²) in [6.45, 7) is 1.89. The molecule has 0 aliphatic heterocycles. The normalized spacial score (nSPS) is 9.95. The van der Waals surface area contributed by atoms with E-state index >= 15 is 0 Å². The van der Waals surface area contributed by atoms with Gasteiger partial charge in [0.05, 0.1) is 11.9 Å². The van der Waals surface area contributed by atoms with Crippen LogP contribution in [-0.2, 0) is 0 Å². The minimum Gasteiger partial charge on any atom is -0.389 e. The summed E-state index contributed by atoms with van der Waals surface area (Å²) in [7, 11) is 0. The van der Waals surface area contributed by atoms with Crippen LogP contribution in [0.25, 0.3) is 0 Å². The monoisotopic (exact) mass is 272 g/mol. The van der Waals surface area contributed by atoms with Crippen molar-refractivity contribution in [3.05, 3.63) is 53.6 Å². The molecule has 2 aromatic rings. The second kappa shape index (κ2) is 5.53. The second-order valence-corrected chi connectivity index (χ2v) is 4.38. The maximum absolute atomic E-state index is 12.0. The van der Waals surface area contributed by atoms with Crippen LogP contribution in [0.5, 0.6) is 0 Å². The van der Waals surface area contributed by atoms with Crippen molar-refractivity contribution >= 4 is 28.8 Å². The van der Waals surface area contributed by atoms with Crippen molar-refractivity contribution in [2.75, 3.05) is 5.32 Å². The van der Waals surface area contributed by atoms with E-state index in [0.29, 0.717) is 16.9 Å². The number of thiocarbonyl (C=S) groups is 1. The summed E-state index contributed by atoms with van der Waals surface area (Å²) >= 11 is 4.82. The van der Waals surface area contributed by atoms with Gasteiger partial charge in [0.1, 0.15) is 10.7 Å². The summed E-state index contributed by atoms with van der Waals surface area (Å²) < 4.78 is 0. The molecule has 1 amide bonds. The highest BCUT2D eigenvalue weighted by Crippen LogP contribution is 2.12. The van der Waals surface area contributed by atoms with E-state index in [1.165, 1.54) is 6.20 Å². The van der Waals surface area contributed by atoms with Crippen LogP contribution in [0.2, 0.25) is 0 Å². The number of carbonyl (C=O) groups is 1. The van der Waals surface area contributed by atoms with E-state index in [1.807, 2.05) is 13.0 Å². The first-order valence-electron chi connectivity index (χ1n) is 5.56. The van der Waals surface area contributed by atoms with Crippen LogP contribution in [0.4, 0.5) is 5.69 Å². The summed E-state index contributed by atoms with van der Waals surface area (Å²) in [6.07, 6.45) is 4.74.